The van der Waals surface area contributed by atoms with Crippen molar-refractivity contribution in [2.45, 2.75) is 38.6 Å². The summed E-state index contributed by atoms with van der Waals surface area (Å²) >= 11 is 0. The van der Waals surface area contributed by atoms with Crippen LogP contribution in [0, 0.1) is 11.7 Å². The van der Waals surface area contributed by atoms with E-state index in [1.807, 2.05) is 0 Å². The fraction of sp³-hybridized carbons (Fsp3) is 0.412. The Labute approximate surface area is 129 Å². The lowest BCUT2D eigenvalue weighted by Crippen LogP contribution is -2.41. The number of nitrogens with one attached hydrogen (secondary N) is 1. The van der Waals surface area contributed by atoms with Crippen molar-refractivity contribution in [1.82, 2.24) is 15.1 Å². The van der Waals surface area contributed by atoms with Crippen LogP contribution in [-0.2, 0) is 0 Å². The number of carbonyl (C=O) groups is 1. The first kappa shape index (κ1) is 14.8. The third kappa shape index (κ3) is 3.03. The number of benzene rings is 1. The van der Waals surface area contributed by atoms with Gasteiger partial charge in [-0.3, -0.25) is 4.79 Å². The summed E-state index contributed by atoms with van der Waals surface area (Å²) in [6.07, 6.45) is 6.15. The van der Waals surface area contributed by atoms with Crippen LogP contribution in [0.1, 0.15) is 43.1 Å². The van der Waals surface area contributed by atoms with Crippen LogP contribution in [0.4, 0.5) is 4.39 Å². The van der Waals surface area contributed by atoms with E-state index in [9.17, 15) is 9.18 Å². The molecule has 1 N–H and O–H groups in total. The third-order valence-electron chi connectivity index (χ3n) is 4.35. The van der Waals surface area contributed by atoms with Gasteiger partial charge in [-0.2, -0.15) is 5.10 Å². The van der Waals surface area contributed by atoms with Crippen molar-refractivity contribution in [3.05, 3.63) is 48.0 Å². The van der Waals surface area contributed by atoms with E-state index in [1.165, 1.54) is 17.2 Å². The molecule has 2 unspecified atom stereocenters. The molecule has 1 aromatic carbocycles. The molecule has 0 bridgehead atoms. The highest BCUT2D eigenvalue weighted by molar-refractivity contribution is 5.92. The molecule has 4 nitrogen and oxygen atoms in total. The van der Waals surface area contributed by atoms with E-state index in [1.54, 1.807) is 30.5 Å². The van der Waals surface area contributed by atoms with Crippen molar-refractivity contribution in [3.8, 4) is 5.69 Å². The second-order valence-corrected chi connectivity index (χ2v) is 5.94. The van der Waals surface area contributed by atoms with Gasteiger partial charge in [0, 0.05) is 12.2 Å². The molecule has 0 spiro atoms. The first-order valence-electron chi connectivity index (χ1n) is 7.76. The molecule has 1 heterocycles. The Kier molecular flexibility index (Phi) is 4.22. The van der Waals surface area contributed by atoms with Crippen LogP contribution in [0.25, 0.3) is 5.69 Å². The molecule has 1 aliphatic carbocycles. The highest BCUT2D eigenvalue weighted by Crippen LogP contribution is 2.24. The standard InChI is InChI=1S/C17H20FN3O/c1-12-6-2-4-8-14(12)19-17(22)15-10-11-21(20-15)16-9-5-3-7-13(16)18/h3,5,7,9-12,14H,2,4,6,8H2,1H3,(H,19,22). The van der Waals surface area contributed by atoms with Gasteiger partial charge in [-0.15, -0.1) is 0 Å². The van der Waals surface area contributed by atoms with Crippen LogP contribution >= 0.6 is 0 Å². The molecular weight excluding hydrogens is 281 g/mol. The molecule has 2 atom stereocenters. The molecule has 116 valence electrons. The zero-order valence-electron chi connectivity index (χ0n) is 12.6. The maximum atomic E-state index is 13.7. The Bertz CT molecular complexity index is 667. The minimum absolute atomic E-state index is 0.186. The molecule has 0 aliphatic heterocycles. The zero-order valence-corrected chi connectivity index (χ0v) is 12.6. The second-order valence-electron chi connectivity index (χ2n) is 5.94. The highest BCUT2D eigenvalue weighted by Gasteiger charge is 2.24. The van der Waals surface area contributed by atoms with Gasteiger partial charge in [0.05, 0.1) is 0 Å². The Balaban J connectivity index is 1.73. The molecule has 5 heteroatoms. The number of rotatable bonds is 3. The summed E-state index contributed by atoms with van der Waals surface area (Å²) < 4.78 is 15.1. The predicted molar refractivity (Wildman–Crippen MR) is 82.4 cm³/mol. The molecule has 1 aromatic heterocycles. The minimum atomic E-state index is -0.363. The highest BCUT2D eigenvalue weighted by atomic mass is 19.1. The largest absolute Gasteiger partial charge is 0.348 e. The molecular formula is C17H20FN3O. The van der Waals surface area contributed by atoms with Crippen molar-refractivity contribution in [1.29, 1.82) is 0 Å². The van der Waals surface area contributed by atoms with Crippen molar-refractivity contribution >= 4 is 5.91 Å². The predicted octanol–water partition coefficient (Wildman–Crippen LogP) is 3.32. The van der Waals surface area contributed by atoms with E-state index in [0.29, 0.717) is 17.3 Å². The van der Waals surface area contributed by atoms with Gasteiger partial charge in [0.15, 0.2) is 5.69 Å². The van der Waals surface area contributed by atoms with E-state index in [0.717, 1.165) is 19.3 Å². The molecule has 2 aromatic rings. The van der Waals surface area contributed by atoms with Gasteiger partial charge in [0.25, 0.3) is 5.91 Å². The Morgan fingerprint density at radius 1 is 1.27 bits per heavy atom. The molecule has 3 rings (SSSR count). The number of carbonyl (C=O) groups excluding carboxylic acids is 1. The van der Waals surface area contributed by atoms with Crippen molar-refractivity contribution in [2.24, 2.45) is 5.92 Å². The summed E-state index contributed by atoms with van der Waals surface area (Å²) in [5.74, 6) is -0.0568. The van der Waals surface area contributed by atoms with E-state index in [4.69, 9.17) is 0 Å². The van der Waals surface area contributed by atoms with Crippen LogP contribution < -0.4 is 5.32 Å². The first-order valence-corrected chi connectivity index (χ1v) is 7.76. The second kappa shape index (κ2) is 6.30. The first-order chi connectivity index (χ1) is 10.6. The van der Waals surface area contributed by atoms with Gasteiger partial charge in [0.2, 0.25) is 0 Å². The molecule has 1 aliphatic rings. The lowest BCUT2D eigenvalue weighted by atomic mass is 9.86. The number of hydrogen-bond donors (Lipinski definition) is 1. The third-order valence-corrected chi connectivity index (χ3v) is 4.35. The summed E-state index contributed by atoms with van der Waals surface area (Å²) in [6.45, 7) is 2.17. The van der Waals surface area contributed by atoms with Crippen LogP contribution in [0.2, 0.25) is 0 Å². The number of para-hydroxylation sites is 1. The molecule has 1 fully saturated rings. The normalized spacial score (nSPS) is 21.5. The van der Waals surface area contributed by atoms with Crippen LogP contribution in [-0.4, -0.2) is 21.7 Å². The monoisotopic (exact) mass is 301 g/mol. The topological polar surface area (TPSA) is 46.9 Å². The Hall–Kier alpha value is -2.17. The maximum absolute atomic E-state index is 13.7. The number of halogens is 1. The number of aromatic nitrogens is 2. The van der Waals surface area contributed by atoms with Gasteiger partial charge in [-0.25, -0.2) is 9.07 Å². The van der Waals surface area contributed by atoms with Gasteiger partial charge in [-0.05, 0) is 37.0 Å². The van der Waals surface area contributed by atoms with Gasteiger partial charge >= 0.3 is 0 Å². The van der Waals surface area contributed by atoms with E-state index in [-0.39, 0.29) is 17.8 Å². The minimum Gasteiger partial charge on any atom is -0.348 e. The summed E-state index contributed by atoms with van der Waals surface area (Å²) in [4.78, 5) is 12.3. The van der Waals surface area contributed by atoms with E-state index in [2.05, 4.69) is 17.3 Å². The quantitative estimate of drug-likeness (QED) is 0.945. The molecule has 0 radical (unpaired) electrons. The van der Waals surface area contributed by atoms with Gasteiger partial charge in [-0.1, -0.05) is 31.9 Å². The molecule has 1 saturated carbocycles. The summed E-state index contributed by atoms with van der Waals surface area (Å²) in [5, 5.41) is 7.25. The van der Waals surface area contributed by atoms with Gasteiger partial charge < -0.3 is 5.32 Å². The summed E-state index contributed by atoms with van der Waals surface area (Å²) in [5.41, 5.74) is 0.661. The average Bonchev–Trinajstić information content (AvgIpc) is 3.00. The van der Waals surface area contributed by atoms with Crippen LogP contribution in [0.5, 0.6) is 0 Å². The lowest BCUT2D eigenvalue weighted by molar-refractivity contribution is 0.0904. The summed E-state index contributed by atoms with van der Waals surface area (Å²) in [7, 11) is 0. The van der Waals surface area contributed by atoms with Crippen molar-refractivity contribution < 1.29 is 9.18 Å². The van der Waals surface area contributed by atoms with Gasteiger partial charge in [0.1, 0.15) is 11.5 Å². The smallest absolute Gasteiger partial charge is 0.272 e. The molecule has 1 amide bonds. The van der Waals surface area contributed by atoms with Crippen LogP contribution in [0.15, 0.2) is 36.5 Å². The number of nitrogens with zero attached hydrogens (tertiary/aromatic N) is 2. The summed E-state index contributed by atoms with van der Waals surface area (Å²) in [6, 6.07) is 8.20. The number of hydrogen-bond acceptors (Lipinski definition) is 2. The van der Waals surface area contributed by atoms with Crippen LogP contribution in [0.3, 0.4) is 0 Å². The molecule has 22 heavy (non-hydrogen) atoms. The maximum Gasteiger partial charge on any atom is 0.272 e. The number of amides is 1. The van der Waals surface area contributed by atoms with Crippen molar-refractivity contribution in [3.63, 3.8) is 0 Å². The lowest BCUT2D eigenvalue weighted by Gasteiger charge is -2.29. The zero-order chi connectivity index (χ0) is 15.5. The molecule has 0 saturated heterocycles. The SMILES string of the molecule is CC1CCCCC1NC(=O)c1ccn(-c2ccccc2F)n1. The van der Waals surface area contributed by atoms with Crippen molar-refractivity contribution in [2.75, 3.05) is 0 Å². The Morgan fingerprint density at radius 3 is 2.82 bits per heavy atom. The van der Waals surface area contributed by atoms with E-state index < -0.39 is 0 Å². The average molecular weight is 301 g/mol. The van der Waals surface area contributed by atoms with E-state index >= 15 is 0 Å². The fourth-order valence-corrected chi connectivity index (χ4v) is 2.99. The fourth-order valence-electron chi connectivity index (χ4n) is 2.99. The Morgan fingerprint density at radius 2 is 2.05 bits per heavy atom.